The van der Waals surface area contributed by atoms with Crippen LogP contribution in [0, 0.1) is 6.92 Å². The van der Waals surface area contributed by atoms with Crippen LogP contribution in [0.3, 0.4) is 0 Å². The van der Waals surface area contributed by atoms with E-state index in [0.29, 0.717) is 5.88 Å². The first kappa shape index (κ1) is 9.35. The zero-order valence-corrected chi connectivity index (χ0v) is 8.71. The first-order chi connectivity index (χ1) is 6.79. The van der Waals surface area contributed by atoms with Gasteiger partial charge in [0.15, 0.2) is 0 Å². The normalized spacial score (nSPS) is 10.4. The van der Waals surface area contributed by atoms with Gasteiger partial charge in [0, 0.05) is 5.56 Å². The van der Waals surface area contributed by atoms with Gasteiger partial charge in [0.05, 0.1) is 5.88 Å². The Morgan fingerprint density at radius 1 is 1.21 bits per heavy atom. The number of hydrogen-bond donors (Lipinski definition) is 0. The maximum Gasteiger partial charge on any atom is 0.134 e. The van der Waals surface area contributed by atoms with E-state index >= 15 is 0 Å². The van der Waals surface area contributed by atoms with Crippen LogP contribution in [0.2, 0.25) is 0 Å². The summed E-state index contributed by atoms with van der Waals surface area (Å²) in [7, 11) is 0. The van der Waals surface area contributed by atoms with Crippen LogP contribution >= 0.6 is 11.6 Å². The molecule has 14 heavy (non-hydrogen) atoms. The quantitative estimate of drug-likeness (QED) is 0.678. The third kappa shape index (κ3) is 1.83. The van der Waals surface area contributed by atoms with Gasteiger partial charge >= 0.3 is 0 Å². The molecule has 1 nitrogen and oxygen atoms in total. The molecule has 0 saturated heterocycles. The summed E-state index contributed by atoms with van der Waals surface area (Å²) < 4.78 is 5.54. The van der Waals surface area contributed by atoms with Crippen LogP contribution in [0.5, 0.6) is 0 Å². The molecule has 0 unspecified atom stereocenters. The maximum atomic E-state index is 5.67. The molecular weight excluding hydrogens is 196 g/mol. The van der Waals surface area contributed by atoms with E-state index in [2.05, 4.69) is 19.1 Å². The summed E-state index contributed by atoms with van der Waals surface area (Å²) >= 11 is 5.67. The summed E-state index contributed by atoms with van der Waals surface area (Å²) in [4.78, 5) is 0. The van der Waals surface area contributed by atoms with Crippen LogP contribution in [0.15, 0.2) is 40.8 Å². The Labute approximate surface area is 88.3 Å². The molecule has 0 N–H and O–H groups in total. The molecule has 0 fully saturated rings. The van der Waals surface area contributed by atoms with Crippen molar-refractivity contribution in [3.63, 3.8) is 0 Å². The van der Waals surface area contributed by atoms with E-state index in [0.717, 1.165) is 17.1 Å². The van der Waals surface area contributed by atoms with Crippen LogP contribution in [0.25, 0.3) is 11.3 Å². The van der Waals surface area contributed by atoms with Crippen molar-refractivity contribution in [2.45, 2.75) is 12.8 Å². The summed E-state index contributed by atoms with van der Waals surface area (Å²) in [6, 6.07) is 12.1. The van der Waals surface area contributed by atoms with Gasteiger partial charge in [0.1, 0.15) is 11.5 Å². The van der Waals surface area contributed by atoms with E-state index in [9.17, 15) is 0 Å². The van der Waals surface area contributed by atoms with Crippen LogP contribution in [0.1, 0.15) is 11.3 Å². The summed E-state index contributed by atoms with van der Waals surface area (Å²) in [6.45, 7) is 2.06. The second-order valence-electron chi connectivity index (χ2n) is 3.27. The molecule has 0 saturated carbocycles. The average Bonchev–Trinajstić information content (AvgIpc) is 2.66. The van der Waals surface area contributed by atoms with Crippen LogP contribution in [-0.4, -0.2) is 0 Å². The minimum absolute atomic E-state index is 0.422. The summed E-state index contributed by atoms with van der Waals surface area (Å²) in [5.74, 6) is 2.11. The topological polar surface area (TPSA) is 13.1 Å². The number of hydrogen-bond acceptors (Lipinski definition) is 1. The lowest BCUT2D eigenvalue weighted by molar-refractivity contribution is 0.543. The van der Waals surface area contributed by atoms with Crippen molar-refractivity contribution >= 4 is 11.6 Å². The van der Waals surface area contributed by atoms with Crippen molar-refractivity contribution < 1.29 is 4.42 Å². The standard InChI is InChI=1S/C12H11ClO/c1-9-3-2-4-10(7-9)12-6-5-11(8-13)14-12/h2-7H,8H2,1H3. The molecule has 1 aromatic heterocycles. The molecule has 1 aromatic carbocycles. The number of rotatable bonds is 2. The van der Waals surface area contributed by atoms with Crippen molar-refractivity contribution in [1.29, 1.82) is 0 Å². The summed E-state index contributed by atoms with van der Waals surface area (Å²) in [5.41, 5.74) is 2.33. The molecule has 0 radical (unpaired) electrons. The van der Waals surface area contributed by atoms with Crippen molar-refractivity contribution in [2.75, 3.05) is 0 Å². The van der Waals surface area contributed by atoms with Crippen molar-refractivity contribution in [2.24, 2.45) is 0 Å². The van der Waals surface area contributed by atoms with Gasteiger partial charge in [-0.3, -0.25) is 0 Å². The van der Waals surface area contributed by atoms with E-state index in [4.69, 9.17) is 16.0 Å². The second-order valence-corrected chi connectivity index (χ2v) is 3.54. The smallest absolute Gasteiger partial charge is 0.134 e. The first-order valence-electron chi connectivity index (χ1n) is 4.51. The van der Waals surface area contributed by atoms with E-state index < -0.39 is 0 Å². The SMILES string of the molecule is Cc1cccc(-c2ccc(CCl)o2)c1. The summed E-state index contributed by atoms with van der Waals surface area (Å²) in [6.07, 6.45) is 0. The molecule has 0 bridgehead atoms. The van der Waals surface area contributed by atoms with Crippen LogP contribution < -0.4 is 0 Å². The largest absolute Gasteiger partial charge is 0.460 e. The summed E-state index contributed by atoms with van der Waals surface area (Å²) in [5, 5.41) is 0. The predicted molar refractivity (Wildman–Crippen MR) is 58.4 cm³/mol. The van der Waals surface area contributed by atoms with Crippen molar-refractivity contribution in [3.8, 4) is 11.3 Å². The second kappa shape index (κ2) is 3.89. The van der Waals surface area contributed by atoms with Gasteiger partial charge in [-0.2, -0.15) is 0 Å². The predicted octanol–water partition coefficient (Wildman–Crippen LogP) is 3.99. The van der Waals surface area contributed by atoms with Gasteiger partial charge in [0.25, 0.3) is 0 Å². The van der Waals surface area contributed by atoms with E-state index in [-0.39, 0.29) is 0 Å². The van der Waals surface area contributed by atoms with Gasteiger partial charge in [-0.05, 0) is 25.1 Å². The molecule has 2 aromatic rings. The highest BCUT2D eigenvalue weighted by Gasteiger charge is 2.03. The molecule has 0 amide bonds. The Morgan fingerprint density at radius 3 is 2.71 bits per heavy atom. The van der Waals surface area contributed by atoms with Gasteiger partial charge < -0.3 is 4.42 Å². The molecule has 72 valence electrons. The Kier molecular flexibility index (Phi) is 2.60. The Balaban J connectivity index is 2.39. The van der Waals surface area contributed by atoms with Gasteiger partial charge in [-0.1, -0.05) is 23.8 Å². The number of aryl methyl sites for hydroxylation is 1. The van der Waals surface area contributed by atoms with Crippen LogP contribution in [-0.2, 0) is 5.88 Å². The van der Waals surface area contributed by atoms with Crippen molar-refractivity contribution in [3.05, 3.63) is 47.7 Å². The lowest BCUT2D eigenvalue weighted by atomic mass is 10.1. The fraction of sp³-hybridized carbons (Fsp3) is 0.167. The van der Waals surface area contributed by atoms with E-state index in [1.165, 1.54) is 5.56 Å². The molecule has 2 heteroatoms. The monoisotopic (exact) mass is 206 g/mol. The molecule has 1 heterocycles. The molecule has 0 spiro atoms. The minimum Gasteiger partial charge on any atom is -0.460 e. The molecule has 0 atom stereocenters. The number of furan rings is 1. The van der Waals surface area contributed by atoms with Crippen LogP contribution in [0.4, 0.5) is 0 Å². The maximum absolute atomic E-state index is 5.67. The highest BCUT2D eigenvalue weighted by Crippen LogP contribution is 2.23. The zero-order chi connectivity index (χ0) is 9.97. The Morgan fingerprint density at radius 2 is 2.07 bits per heavy atom. The third-order valence-electron chi connectivity index (χ3n) is 2.10. The highest BCUT2D eigenvalue weighted by molar-refractivity contribution is 6.16. The van der Waals surface area contributed by atoms with E-state index in [1.807, 2.05) is 24.3 Å². The fourth-order valence-electron chi connectivity index (χ4n) is 1.40. The number of benzene rings is 1. The fourth-order valence-corrected chi connectivity index (χ4v) is 1.55. The van der Waals surface area contributed by atoms with E-state index in [1.54, 1.807) is 0 Å². The number of alkyl halides is 1. The van der Waals surface area contributed by atoms with Gasteiger partial charge in [0.2, 0.25) is 0 Å². The van der Waals surface area contributed by atoms with Gasteiger partial charge in [-0.15, -0.1) is 11.6 Å². The Bertz CT molecular complexity index is 431. The van der Waals surface area contributed by atoms with Crippen molar-refractivity contribution in [1.82, 2.24) is 0 Å². The Hall–Kier alpha value is -1.21. The molecule has 0 aliphatic rings. The molecule has 0 aliphatic heterocycles. The highest BCUT2D eigenvalue weighted by atomic mass is 35.5. The minimum atomic E-state index is 0.422. The molecular formula is C12H11ClO. The number of halogens is 1. The lowest BCUT2D eigenvalue weighted by Gasteiger charge is -1.97. The van der Waals surface area contributed by atoms with Gasteiger partial charge in [-0.25, -0.2) is 0 Å². The zero-order valence-electron chi connectivity index (χ0n) is 7.96. The molecule has 2 rings (SSSR count). The molecule has 0 aliphatic carbocycles. The average molecular weight is 207 g/mol. The lowest BCUT2D eigenvalue weighted by Crippen LogP contribution is -1.75. The first-order valence-corrected chi connectivity index (χ1v) is 5.05. The third-order valence-corrected chi connectivity index (χ3v) is 2.36.